The zero-order valence-electron chi connectivity index (χ0n) is 42.7. The summed E-state index contributed by atoms with van der Waals surface area (Å²) in [7, 11) is 0. The second-order valence-corrected chi connectivity index (χ2v) is 20.2. The molecular formula is C59H113N2. The molecule has 0 aromatic carbocycles. The third-order valence-electron chi connectivity index (χ3n) is 14.0. The maximum atomic E-state index is 5.04. The summed E-state index contributed by atoms with van der Waals surface area (Å²) in [5.41, 5.74) is 4.25. The molecule has 359 valence electrons. The number of nitrogens with zero attached hydrogens (tertiary/aromatic N) is 2. The lowest BCUT2D eigenvalue weighted by atomic mass is 9.96. The molecule has 0 saturated carbocycles. The zero-order valence-corrected chi connectivity index (χ0v) is 42.7. The molecule has 0 saturated heterocycles. The first-order chi connectivity index (χ1) is 30.2. The fourth-order valence-electron chi connectivity index (χ4n) is 9.87. The van der Waals surface area contributed by atoms with E-state index in [-0.39, 0.29) is 0 Å². The molecule has 1 heterocycles. The predicted molar refractivity (Wildman–Crippen MR) is 276 cm³/mol. The van der Waals surface area contributed by atoms with Gasteiger partial charge in [-0.2, -0.15) is 0 Å². The normalized spacial score (nSPS) is 11.7. The van der Waals surface area contributed by atoms with Crippen molar-refractivity contribution in [1.29, 1.82) is 0 Å². The Labute approximate surface area is 386 Å². The van der Waals surface area contributed by atoms with E-state index in [1.165, 1.54) is 332 Å². The Balaban J connectivity index is 2.37. The van der Waals surface area contributed by atoms with Crippen LogP contribution >= 0.6 is 0 Å². The summed E-state index contributed by atoms with van der Waals surface area (Å²) in [6, 6.07) is 0. The van der Waals surface area contributed by atoms with E-state index in [4.69, 9.17) is 9.97 Å². The van der Waals surface area contributed by atoms with Crippen LogP contribution in [-0.2, 0) is 19.3 Å². The van der Waals surface area contributed by atoms with Gasteiger partial charge in [-0.1, -0.05) is 310 Å². The number of aryl methyl sites for hydroxylation is 2. The maximum absolute atomic E-state index is 5.04. The molecule has 1 rings (SSSR count). The lowest BCUT2D eigenvalue weighted by Gasteiger charge is -2.15. The lowest BCUT2D eigenvalue weighted by Crippen LogP contribution is -2.09. The molecule has 61 heavy (non-hydrogen) atoms. The van der Waals surface area contributed by atoms with Crippen LogP contribution < -0.4 is 0 Å². The molecule has 0 spiro atoms. The fraction of sp³-hybridized carbons (Fsp3) is 0.915. The molecule has 0 aliphatic rings. The average molecular weight is 851 g/mol. The van der Waals surface area contributed by atoms with Gasteiger partial charge in [0.05, 0.1) is 0 Å². The van der Waals surface area contributed by atoms with Crippen molar-refractivity contribution in [3.05, 3.63) is 29.7 Å². The van der Waals surface area contributed by atoms with Gasteiger partial charge >= 0.3 is 0 Å². The highest BCUT2D eigenvalue weighted by Crippen LogP contribution is 2.23. The number of rotatable bonds is 51. The van der Waals surface area contributed by atoms with Crippen molar-refractivity contribution in [3.8, 4) is 0 Å². The van der Waals surface area contributed by atoms with Gasteiger partial charge in [-0.15, -0.1) is 0 Å². The van der Waals surface area contributed by atoms with E-state index in [0.29, 0.717) is 0 Å². The van der Waals surface area contributed by atoms with Crippen molar-refractivity contribution in [2.75, 3.05) is 0 Å². The summed E-state index contributed by atoms with van der Waals surface area (Å²) < 4.78 is 0. The van der Waals surface area contributed by atoms with Crippen LogP contribution in [0.3, 0.4) is 0 Å². The first-order valence-electron chi connectivity index (χ1n) is 28.9. The summed E-state index contributed by atoms with van der Waals surface area (Å²) in [4.78, 5) is 10.1. The molecule has 0 aliphatic carbocycles. The van der Waals surface area contributed by atoms with Gasteiger partial charge in [-0.05, 0) is 44.1 Å². The van der Waals surface area contributed by atoms with Crippen molar-refractivity contribution < 1.29 is 0 Å². The summed E-state index contributed by atoms with van der Waals surface area (Å²) >= 11 is 0. The molecule has 0 bridgehead atoms. The van der Waals surface area contributed by atoms with Gasteiger partial charge in [0.2, 0.25) is 0 Å². The Hall–Kier alpha value is -0.920. The van der Waals surface area contributed by atoms with E-state index < -0.39 is 0 Å². The third-order valence-corrected chi connectivity index (χ3v) is 14.0. The minimum atomic E-state index is 0.772. The van der Waals surface area contributed by atoms with Gasteiger partial charge in [0.1, 0.15) is 5.82 Å². The smallest absolute Gasteiger partial charge is 0.129 e. The minimum Gasteiger partial charge on any atom is -0.238 e. The molecule has 0 atom stereocenters. The van der Waals surface area contributed by atoms with Crippen LogP contribution in [0.4, 0.5) is 0 Å². The zero-order chi connectivity index (χ0) is 43.8. The molecule has 0 aliphatic heterocycles. The van der Waals surface area contributed by atoms with Crippen molar-refractivity contribution in [1.82, 2.24) is 9.97 Å². The Kier molecular flexibility index (Phi) is 46.2. The van der Waals surface area contributed by atoms with E-state index >= 15 is 0 Å². The predicted octanol–water partition coefficient (Wildman–Crippen LogP) is 21.1. The molecule has 1 radical (unpaired) electrons. The van der Waals surface area contributed by atoms with Crippen LogP contribution in [0.25, 0.3) is 0 Å². The number of aromatic nitrogens is 2. The molecule has 0 unspecified atom stereocenters. The quantitative estimate of drug-likeness (QED) is 0.0610. The molecular weight excluding hydrogens is 737 g/mol. The van der Waals surface area contributed by atoms with E-state index in [9.17, 15) is 0 Å². The second-order valence-electron chi connectivity index (χ2n) is 20.2. The van der Waals surface area contributed by atoms with Crippen molar-refractivity contribution in [2.45, 2.75) is 348 Å². The largest absolute Gasteiger partial charge is 0.238 e. The summed E-state index contributed by atoms with van der Waals surface area (Å²) in [6.07, 6.45) is 71.8. The van der Waals surface area contributed by atoms with Crippen molar-refractivity contribution in [3.63, 3.8) is 0 Å². The minimum absolute atomic E-state index is 0.772. The first kappa shape index (κ1) is 58.1. The van der Waals surface area contributed by atoms with Gasteiger partial charge in [0.15, 0.2) is 0 Å². The molecule has 0 N–H and O–H groups in total. The highest BCUT2D eigenvalue weighted by molar-refractivity contribution is 5.27. The Morgan fingerprint density at radius 1 is 0.230 bits per heavy atom. The van der Waals surface area contributed by atoms with Gasteiger partial charge < -0.3 is 0 Å². The summed E-state index contributed by atoms with van der Waals surface area (Å²) in [5.74, 6) is 0.772. The number of hydrogen-bond donors (Lipinski definition) is 0. The maximum Gasteiger partial charge on any atom is 0.129 e. The van der Waals surface area contributed by atoms with E-state index in [2.05, 4.69) is 27.7 Å². The number of hydrogen-bond acceptors (Lipinski definition) is 2. The second kappa shape index (κ2) is 48.5. The summed E-state index contributed by atoms with van der Waals surface area (Å²) in [5, 5.41) is 0. The van der Waals surface area contributed by atoms with E-state index in [1.54, 1.807) is 0 Å². The first-order valence-corrected chi connectivity index (χ1v) is 28.9. The van der Waals surface area contributed by atoms with Gasteiger partial charge in [0, 0.05) is 18.3 Å². The highest BCUT2D eigenvalue weighted by Gasteiger charge is 2.13. The van der Waals surface area contributed by atoms with Gasteiger partial charge in [-0.3, -0.25) is 0 Å². The Morgan fingerprint density at radius 2 is 0.393 bits per heavy atom. The van der Waals surface area contributed by atoms with Crippen molar-refractivity contribution >= 4 is 0 Å². The SMILES string of the molecule is [CH2]c1nc(CCCCCCCCCCCCCCCCCC)c(CCCCCCCCCCCCCCCCCC)c(CCCCCCCCCCCCCCCCCC)n1. The van der Waals surface area contributed by atoms with Crippen LogP contribution in [0.5, 0.6) is 0 Å². The van der Waals surface area contributed by atoms with Crippen LogP contribution in [-0.4, -0.2) is 9.97 Å². The van der Waals surface area contributed by atoms with E-state index in [1.807, 2.05) is 0 Å². The number of unbranched alkanes of at least 4 members (excludes halogenated alkanes) is 45. The summed E-state index contributed by atoms with van der Waals surface area (Å²) in [6.45, 7) is 11.2. The molecule has 2 heteroatoms. The van der Waals surface area contributed by atoms with Crippen LogP contribution in [0, 0.1) is 6.92 Å². The Morgan fingerprint density at radius 3 is 0.590 bits per heavy atom. The third kappa shape index (κ3) is 40.3. The Bertz CT molecular complexity index is 928. The topological polar surface area (TPSA) is 25.8 Å². The molecule has 2 nitrogen and oxygen atoms in total. The van der Waals surface area contributed by atoms with Gasteiger partial charge in [0.25, 0.3) is 0 Å². The van der Waals surface area contributed by atoms with Crippen molar-refractivity contribution in [2.24, 2.45) is 0 Å². The molecule has 0 amide bonds. The fourth-order valence-corrected chi connectivity index (χ4v) is 9.87. The van der Waals surface area contributed by atoms with E-state index in [0.717, 1.165) is 18.7 Å². The average Bonchev–Trinajstić information content (AvgIpc) is 3.26. The van der Waals surface area contributed by atoms with Gasteiger partial charge in [-0.25, -0.2) is 9.97 Å². The van der Waals surface area contributed by atoms with Crippen LogP contribution in [0.1, 0.15) is 352 Å². The monoisotopic (exact) mass is 850 g/mol. The molecule has 1 aromatic heterocycles. The standard InChI is InChI=1S/C59H113N2/c1-5-8-11-14-17-20-23-26-29-32-35-38-41-44-47-50-53-57-58(54-51-48-45-42-39-36-33-30-27-24-21-18-15-12-9-6-2)60-56(4)61-59(57)55-52-49-46-43-40-37-34-31-28-25-22-19-16-13-10-7-3/h4-55H2,1-3H3. The van der Waals surface area contributed by atoms with Crippen LogP contribution in [0.2, 0.25) is 0 Å². The molecule has 0 fully saturated rings. The molecule has 1 aromatic rings. The van der Waals surface area contributed by atoms with Crippen LogP contribution in [0.15, 0.2) is 0 Å². The lowest BCUT2D eigenvalue weighted by molar-refractivity contribution is 0.526. The highest BCUT2D eigenvalue weighted by atomic mass is 14.9.